The summed E-state index contributed by atoms with van der Waals surface area (Å²) in [6.07, 6.45) is 0. The summed E-state index contributed by atoms with van der Waals surface area (Å²) in [6, 6.07) is 9.23. The van der Waals surface area contributed by atoms with E-state index in [4.69, 9.17) is 14.2 Å². The summed E-state index contributed by atoms with van der Waals surface area (Å²) >= 11 is 0. The normalized spacial score (nSPS) is 13.8. The highest BCUT2D eigenvalue weighted by atomic mass is 16.7. The first-order valence-corrected chi connectivity index (χ1v) is 5.55. The summed E-state index contributed by atoms with van der Waals surface area (Å²) < 4.78 is 15.6. The second-order valence-corrected chi connectivity index (χ2v) is 3.45. The van der Waals surface area contributed by atoms with Gasteiger partial charge in [0.1, 0.15) is 18.8 Å². The second-order valence-electron chi connectivity index (χ2n) is 3.45. The van der Waals surface area contributed by atoms with Gasteiger partial charge in [0.25, 0.3) is 5.95 Å². The minimum atomic E-state index is -0.421. The van der Waals surface area contributed by atoms with Crippen molar-refractivity contribution in [2.24, 2.45) is 0 Å². The molecule has 1 aliphatic rings. The minimum absolute atomic E-state index is 0.259. The van der Waals surface area contributed by atoms with Crippen LogP contribution in [0.5, 0.6) is 0 Å². The van der Waals surface area contributed by atoms with E-state index in [0.29, 0.717) is 25.4 Å². The van der Waals surface area contributed by atoms with Crippen molar-refractivity contribution in [1.82, 2.24) is 0 Å². The van der Waals surface area contributed by atoms with Gasteiger partial charge in [0.15, 0.2) is 0 Å². The predicted molar refractivity (Wildman–Crippen MR) is 61.9 cm³/mol. The molecule has 0 radical (unpaired) electrons. The zero-order valence-electron chi connectivity index (χ0n) is 9.64. The van der Waals surface area contributed by atoms with Crippen molar-refractivity contribution < 1.29 is 19.0 Å². The van der Waals surface area contributed by atoms with E-state index in [0.717, 1.165) is 5.56 Å². The minimum Gasteiger partial charge on any atom is -0.462 e. The molecule has 0 N–H and O–H groups in total. The van der Waals surface area contributed by atoms with Gasteiger partial charge in [-0.15, -0.1) is 0 Å². The summed E-state index contributed by atoms with van der Waals surface area (Å²) in [5, 5.41) is 0. The molecule has 2 rings (SSSR count). The zero-order valence-corrected chi connectivity index (χ0v) is 9.64. The smallest absolute Gasteiger partial charge is 0.346 e. The summed E-state index contributed by atoms with van der Waals surface area (Å²) in [5.41, 5.74) is 1.09. The quantitative estimate of drug-likeness (QED) is 0.592. The maximum absolute atomic E-state index is 11.9. The molecule has 1 fully saturated rings. The fourth-order valence-corrected chi connectivity index (χ4v) is 1.58. The van der Waals surface area contributed by atoms with Crippen LogP contribution in [0.3, 0.4) is 0 Å². The van der Waals surface area contributed by atoms with Gasteiger partial charge in [0.05, 0.1) is 6.61 Å². The van der Waals surface area contributed by atoms with Crippen LogP contribution in [0.15, 0.2) is 36.3 Å². The predicted octanol–water partition coefficient (Wildman–Crippen LogP) is 1.97. The monoisotopic (exact) mass is 234 g/mol. The van der Waals surface area contributed by atoms with E-state index in [1.807, 2.05) is 30.3 Å². The van der Waals surface area contributed by atoms with Crippen LogP contribution in [-0.2, 0) is 19.0 Å². The van der Waals surface area contributed by atoms with Crippen molar-refractivity contribution in [1.29, 1.82) is 0 Å². The van der Waals surface area contributed by atoms with E-state index in [9.17, 15) is 4.79 Å². The Balaban J connectivity index is 2.37. The number of esters is 1. The molecule has 0 unspecified atom stereocenters. The van der Waals surface area contributed by atoms with Gasteiger partial charge in [0.2, 0.25) is 0 Å². The second kappa shape index (κ2) is 5.39. The number of ether oxygens (including phenoxy) is 3. The maximum Gasteiger partial charge on any atom is 0.346 e. The van der Waals surface area contributed by atoms with E-state index in [-0.39, 0.29) is 5.95 Å². The number of rotatable bonds is 3. The molecule has 90 valence electrons. The third kappa shape index (κ3) is 2.58. The fraction of sp³-hybridized carbons (Fsp3) is 0.308. The van der Waals surface area contributed by atoms with Gasteiger partial charge in [-0.2, -0.15) is 0 Å². The highest BCUT2D eigenvalue weighted by Crippen LogP contribution is 2.24. The van der Waals surface area contributed by atoms with E-state index < -0.39 is 5.97 Å². The van der Waals surface area contributed by atoms with Crippen LogP contribution in [0.4, 0.5) is 0 Å². The van der Waals surface area contributed by atoms with Crippen molar-refractivity contribution >= 4 is 11.5 Å². The van der Waals surface area contributed by atoms with Crippen LogP contribution in [-0.4, -0.2) is 25.8 Å². The molecule has 0 atom stereocenters. The van der Waals surface area contributed by atoms with Gasteiger partial charge in [0, 0.05) is 0 Å². The molecule has 4 nitrogen and oxygen atoms in total. The summed E-state index contributed by atoms with van der Waals surface area (Å²) in [5.74, 6) is -0.162. The highest BCUT2D eigenvalue weighted by molar-refractivity contribution is 6.16. The van der Waals surface area contributed by atoms with Gasteiger partial charge < -0.3 is 14.2 Å². The summed E-state index contributed by atoms with van der Waals surface area (Å²) in [6.45, 7) is 3.01. The van der Waals surface area contributed by atoms with Crippen molar-refractivity contribution in [3.8, 4) is 0 Å². The highest BCUT2D eigenvalue weighted by Gasteiger charge is 2.24. The van der Waals surface area contributed by atoms with Crippen LogP contribution >= 0.6 is 0 Å². The molecule has 0 amide bonds. The summed E-state index contributed by atoms with van der Waals surface area (Å²) in [4.78, 5) is 11.9. The summed E-state index contributed by atoms with van der Waals surface area (Å²) in [7, 11) is 0. The first-order valence-electron chi connectivity index (χ1n) is 5.55. The molecule has 4 heteroatoms. The standard InChI is InChI=1S/C13H14O4/c1-2-15-12(14)11(13-16-8-9-17-13)10-6-4-3-5-7-10/h3-7H,2,8-9H2,1H3. The van der Waals surface area contributed by atoms with Crippen LogP contribution in [0.1, 0.15) is 12.5 Å². The molecule has 1 aromatic carbocycles. The number of carbonyl (C=O) groups is 1. The Morgan fingerprint density at radius 3 is 2.47 bits per heavy atom. The van der Waals surface area contributed by atoms with Crippen molar-refractivity contribution in [3.05, 3.63) is 41.8 Å². The Labute approximate surface area is 99.8 Å². The first-order chi connectivity index (χ1) is 8.33. The Bertz CT molecular complexity index is 414. The SMILES string of the molecule is CCOC(=O)C(=C1OCCO1)c1ccccc1. The molecule has 0 aliphatic carbocycles. The number of carbonyl (C=O) groups excluding carboxylic acids is 1. The number of hydrogen-bond acceptors (Lipinski definition) is 4. The van der Waals surface area contributed by atoms with E-state index in [2.05, 4.69) is 0 Å². The molecule has 0 bridgehead atoms. The molecule has 0 saturated carbocycles. The van der Waals surface area contributed by atoms with Crippen LogP contribution in [0, 0.1) is 0 Å². The lowest BCUT2D eigenvalue weighted by atomic mass is 10.1. The van der Waals surface area contributed by atoms with Gasteiger partial charge in [-0.05, 0) is 12.5 Å². The largest absolute Gasteiger partial charge is 0.462 e. The molecule has 1 saturated heterocycles. The van der Waals surface area contributed by atoms with Crippen LogP contribution in [0.2, 0.25) is 0 Å². The lowest BCUT2D eigenvalue weighted by molar-refractivity contribution is -0.136. The van der Waals surface area contributed by atoms with Gasteiger partial charge in [-0.25, -0.2) is 4.79 Å². The average molecular weight is 234 g/mol. The molecule has 0 spiro atoms. The average Bonchev–Trinajstić information content (AvgIpc) is 2.85. The maximum atomic E-state index is 11.9. The fourth-order valence-electron chi connectivity index (χ4n) is 1.58. The molecule has 1 aliphatic heterocycles. The third-order valence-electron chi connectivity index (χ3n) is 2.30. The van der Waals surface area contributed by atoms with E-state index in [1.54, 1.807) is 6.92 Å². The van der Waals surface area contributed by atoms with Crippen LogP contribution < -0.4 is 0 Å². The van der Waals surface area contributed by atoms with Crippen molar-refractivity contribution in [3.63, 3.8) is 0 Å². The molecule has 17 heavy (non-hydrogen) atoms. The lowest BCUT2D eigenvalue weighted by Gasteiger charge is -2.09. The van der Waals surface area contributed by atoms with E-state index in [1.165, 1.54) is 0 Å². The number of hydrogen-bond donors (Lipinski definition) is 0. The third-order valence-corrected chi connectivity index (χ3v) is 2.30. The van der Waals surface area contributed by atoms with Gasteiger partial charge >= 0.3 is 5.97 Å². The van der Waals surface area contributed by atoms with Crippen molar-refractivity contribution in [2.45, 2.75) is 6.92 Å². The molecular formula is C13H14O4. The zero-order chi connectivity index (χ0) is 12.1. The topological polar surface area (TPSA) is 44.8 Å². The Morgan fingerprint density at radius 1 is 1.24 bits per heavy atom. The Hall–Kier alpha value is -1.97. The molecule has 1 aromatic rings. The Morgan fingerprint density at radius 2 is 1.88 bits per heavy atom. The van der Waals surface area contributed by atoms with Crippen molar-refractivity contribution in [2.75, 3.05) is 19.8 Å². The van der Waals surface area contributed by atoms with Crippen LogP contribution in [0.25, 0.3) is 5.57 Å². The first kappa shape index (κ1) is 11.5. The Kier molecular flexibility index (Phi) is 3.65. The number of benzene rings is 1. The van der Waals surface area contributed by atoms with Gasteiger partial charge in [-0.1, -0.05) is 30.3 Å². The molecular weight excluding hydrogens is 220 g/mol. The van der Waals surface area contributed by atoms with E-state index >= 15 is 0 Å². The molecule has 1 heterocycles. The molecule has 0 aromatic heterocycles. The lowest BCUT2D eigenvalue weighted by Crippen LogP contribution is -2.10. The van der Waals surface area contributed by atoms with Gasteiger partial charge in [-0.3, -0.25) is 0 Å².